The van der Waals surface area contributed by atoms with Crippen LogP contribution in [0.3, 0.4) is 0 Å². The van der Waals surface area contributed by atoms with E-state index in [9.17, 15) is 13.6 Å². The maximum absolute atomic E-state index is 12.5. The molecule has 58 valence electrons. The Morgan fingerprint density at radius 1 is 1.45 bits per heavy atom. The van der Waals surface area contributed by atoms with Crippen LogP contribution in [-0.2, 0) is 0 Å². The summed E-state index contributed by atoms with van der Waals surface area (Å²) in [6.45, 7) is 0. The van der Waals surface area contributed by atoms with Crippen molar-refractivity contribution in [1.29, 1.82) is 0 Å². The maximum atomic E-state index is 12.5. The maximum Gasteiger partial charge on any atom is 0.273 e. The molecule has 0 amide bonds. The van der Waals surface area contributed by atoms with Gasteiger partial charge in [0.05, 0.1) is 0 Å². The molecule has 1 rings (SSSR count). The van der Waals surface area contributed by atoms with Gasteiger partial charge in [-0.25, -0.2) is 9.37 Å². The third kappa shape index (κ3) is 1.71. The zero-order chi connectivity index (χ0) is 8.43. The molecule has 1 aromatic heterocycles. The molecule has 0 saturated carbocycles. The molecule has 0 aliphatic carbocycles. The van der Waals surface area contributed by atoms with Crippen molar-refractivity contribution in [2.45, 2.75) is 0 Å². The zero-order valence-corrected chi connectivity index (χ0v) is 5.90. The van der Waals surface area contributed by atoms with Crippen molar-refractivity contribution in [2.24, 2.45) is 0 Å². The van der Waals surface area contributed by atoms with E-state index < -0.39 is 22.7 Å². The van der Waals surface area contributed by atoms with E-state index in [2.05, 4.69) is 4.98 Å². The van der Waals surface area contributed by atoms with Crippen molar-refractivity contribution in [3.8, 4) is 0 Å². The summed E-state index contributed by atoms with van der Waals surface area (Å²) >= 11 is 4.87. The number of rotatable bonds is 1. The first kappa shape index (κ1) is 8.07. The van der Waals surface area contributed by atoms with Crippen LogP contribution in [0.15, 0.2) is 12.1 Å². The van der Waals surface area contributed by atoms with E-state index in [-0.39, 0.29) is 0 Å². The Morgan fingerprint density at radius 2 is 2.09 bits per heavy atom. The summed E-state index contributed by atoms with van der Waals surface area (Å²) in [5.41, 5.74) is -0.688. The third-order valence-corrected chi connectivity index (χ3v) is 1.18. The molecule has 0 N–H and O–H groups in total. The summed E-state index contributed by atoms with van der Waals surface area (Å²) in [6.07, 6.45) is 0. The van der Waals surface area contributed by atoms with Gasteiger partial charge in [0.15, 0.2) is 11.5 Å². The molecular formula is C6H2ClF2NO. The molecule has 0 bridgehead atoms. The number of halogens is 3. The van der Waals surface area contributed by atoms with E-state index >= 15 is 0 Å². The Bertz CT molecular complexity index is 303. The Balaban J connectivity index is 3.23. The molecule has 0 unspecified atom stereocenters. The number of aromatic nitrogens is 1. The molecule has 2 nitrogen and oxygen atoms in total. The molecular weight excluding hydrogens is 176 g/mol. The second-order valence-corrected chi connectivity index (χ2v) is 2.08. The van der Waals surface area contributed by atoms with Crippen LogP contribution >= 0.6 is 11.6 Å². The van der Waals surface area contributed by atoms with E-state index in [1.807, 2.05) is 0 Å². The van der Waals surface area contributed by atoms with Crippen LogP contribution in [0, 0.1) is 11.8 Å². The Kier molecular flexibility index (Phi) is 2.14. The van der Waals surface area contributed by atoms with Crippen molar-refractivity contribution >= 4 is 16.8 Å². The largest absolute Gasteiger partial charge is 0.274 e. The predicted molar refractivity (Wildman–Crippen MR) is 34.3 cm³/mol. The number of carbonyl (C=O) groups excluding carboxylic acids is 1. The fourth-order valence-electron chi connectivity index (χ4n) is 0.556. The summed E-state index contributed by atoms with van der Waals surface area (Å²) in [7, 11) is 0. The molecule has 0 atom stereocenters. The second kappa shape index (κ2) is 2.92. The van der Waals surface area contributed by atoms with E-state index in [4.69, 9.17) is 11.6 Å². The number of hydrogen-bond donors (Lipinski definition) is 0. The zero-order valence-electron chi connectivity index (χ0n) is 5.14. The van der Waals surface area contributed by atoms with Gasteiger partial charge in [0.2, 0.25) is 5.95 Å². The lowest BCUT2D eigenvalue weighted by Crippen LogP contribution is -2.00. The number of nitrogens with zero attached hydrogens (tertiary/aromatic N) is 1. The van der Waals surface area contributed by atoms with E-state index in [0.717, 1.165) is 12.1 Å². The fraction of sp³-hybridized carbons (Fsp3) is 0. The SMILES string of the molecule is O=C(Cl)c1nc(F)ccc1F. The summed E-state index contributed by atoms with van der Waals surface area (Å²) in [6, 6.07) is 1.59. The molecule has 0 radical (unpaired) electrons. The van der Waals surface area contributed by atoms with Crippen LogP contribution in [0.5, 0.6) is 0 Å². The van der Waals surface area contributed by atoms with Crippen LogP contribution in [0.25, 0.3) is 0 Å². The third-order valence-electron chi connectivity index (χ3n) is 0.998. The molecule has 1 heterocycles. The second-order valence-electron chi connectivity index (χ2n) is 1.74. The van der Waals surface area contributed by atoms with Gasteiger partial charge in [-0.3, -0.25) is 4.79 Å². The van der Waals surface area contributed by atoms with Gasteiger partial charge in [-0.15, -0.1) is 0 Å². The summed E-state index contributed by atoms with van der Waals surface area (Å²) in [5.74, 6) is -1.86. The minimum atomic E-state index is -1.11. The van der Waals surface area contributed by atoms with Crippen molar-refractivity contribution in [3.05, 3.63) is 29.6 Å². The van der Waals surface area contributed by atoms with Gasteiger partial charge >= 0.3 is 0 Å². The lowest BCUT2D eigenvalue weighted by atomic mass is 10.3. The van der Waals surface area contributed by atoms with Crippen LogP contribution < -0.4 is 0 Å². The Morgan fingerprint density at radius 3 is 2.55 bits per heavy atom. The van der Waals surface area contributed by atoms with Gasteiger partial charge in [0.1, 0.15) is 0 Å². The summed E-state index contributed by atoms with van der Waals surface area (Å²) < 4.78 is 24.7. The molecule has 0 aliphatic heterocycles. The Labute approximate surface area is 65.8 Å². The van der Waals surface area contributed by atoms with E-state index in [1.165, 1.54) is 0 Å². The van der Waals surface area contributed by atoms with Crippen molar-refractivity contribution in [3.63, 3.8) is 0 Å². The topological polar surface area (TPSA) is 30.0 Å². The van der Waals surface area contributed by atoms with E-state index in [0.29, 0.717) is 0 Å². The number of carbonyl (C=O) groups is 1. The highest BCUT2D eigenvalue weighted by molar-refractivity contribution is 6.67. The molecule has 0 aliphatic rings. The average Bonchev–Trinajstić information content (AvgIpc) is 1.94. The summed E-state index contributed by atoms with van der Waals surface area (Å²) in [5, 5.41) is -1.11. The van der Waals surface area contributed by atoms with Gasteiger partial charge in [-0.1, -0.05) is 0 Å². The minimum absolute atomic E-state index is 0.688. The quantitative estimate of drug-likeness (QED) is 0.483. The average molecular weight is 178 g/mol. The lowest BCUT2D eigenvalue weighted by molar-refractivity contribution is 0.107. The van der Waals surface area contributed by atoms with Gasteiger partial charge in [0, 0.05) is 0 Å². The first-order valence-electron chi connectivity index (χ1n) is 2.63. The molecule has 11 heavy (non-hydrogen) atoms. The van der Waals surface area contributed by atoms with Gasteiger partial charge in [-0.2, -0.15) is 4.39 Å². The molecule has 5 heteroatoms. The summed E-state index contributed by atoms with van der Waals surface area (Å²) in [4.78, 5) is 13.3. The molecule has 1 aromatic rings. The van der Waals surface area contributed by atoms with Gasteiger partial charge in [-0.05, 0) is 23.7 Å². The fourth-order valence-corrected chi connectivity index (χ4v) is 0.689. The molecule has 0 spiro atoms. The monoisotopic (exact) mass is 177 g/mol. The number of pyridine rings is 1. The van der Waals surface area contributed by atoms with Gasteiger partial charge < -0.3 is 0 Å². The molecule has 0 aromatic carbocycles. The van der Waals surface area contributed by atoms with E-state index in [1.54, 1.807) is 0 Å². The highest BCUT2D eigenvalue weighted by atomic mass is 35.5. The molecule has 0 saturated heterocycles. The highest BCUT2D eigenvalue weighted by Gasteiger charge is 2.11. The minimum Gasteiger partial charge on any atom is -0.274 e. The van der Waals surface area contributed by atoms with Gasteiger partial charge in [0.25, 0.3) is 5.24 Å². The van der Waals surface area contributed by atoms with Crippen LogP contribution in [0.1, 0.15) is 10.5 Å². The van der Waals surface area contributed by atoms with Crippen LogP contribution in [0.2, 0.25) is 0 Å². The Hall–Kier alpha value is -1.03. The van der Waals surface area contributed by atoms with Crippen LogP contribution in [-0.4, -0.2) is 10.2 Å². The normalized spacial score (nSPS) is 9.73. The van der Waals surface area contributed by atoms with Crippen molar-refractivity contribution in [2.75, 3.05) is 0 Å². The van der Waals surface area contributed by atoms with Crippen molar-refractivity contribution < 1.29 is 13.6 Å². The highest BCUT2D eigenvalue weighted by Crippen LogP contribution is 2.07. The first-order chi connectivity index (χ1) is 5.11. The van der Waals surface area contributed by atoms with Crippen molar-refractivity contribution in [1.82, 2.24) is 4.98 Å². The first-order valence-corrected chi connectivity index (χ1v) is 3.01. The molecule has 0 fully saturated rings. The van der Waals surface area contributed by atoms with Crippen LogP contribution in [0.4, 0.5) is 8.78 Å². The lowest BCUT2D eigenvalue weighted by Gasteiger charge is -1.93. The predicted octanol–water partition coefficient (Wildman–Crippen LogP) is 1.74. The smallest absolute Gasteiger partial charge is 0.273 e. The number of hydrogen-bond acceptors (Lipinski definition) is 2. The standard InChI is InChI=1S/C6H2ClF2NO/c7-6(11)5-3(8)1-2-4(9)10-5/h1-2H.